The van der Waals surface area contributed by atoms with Crippen LogP contribution in [-0.2, 0) is 17.8 Å². The maximum Gasteiger partial charge on any atom is 0.234 e. The van der Waals surface area contributed by atoms with E-state index >= 15 is 0 Å². The van der Waals surface area contributed by atoms with Crippen LogP contribution in [0.1, 0.15) is 30.1 Å². The molecule has 34 heavy (non-hydrogen) atoms. The molecule has 8 nitrogen and oxygen atoms in total. The minimum absolute atomic E-state index is 0.0462. The minimum Gasteiger partial charge on any atom is -0.503 e. The summed E-state index contributed by atoms with van der Waals surface area (Å²) >= 11 is 1.11. The standard InChI is InChI=1S/C23H25F2N5O3S/c1-13(2)30-14(3)20-22(32)21(31)17(11-28(20)12-29(30)7-8-33-4)23-27-26-19(34-23)9-15-5-6-16(24)10-18(15)25/h5-6,10-11,13,32H,3,7-9,12H2,1-2,4H3. The second-order valence-corrected chi connectivity index (χ2v) is 9.26. The lowest BCUT2D eigenvalue weighted by molar-refractivity contribution is -0.0476. The summed E-state index contributed by atoms with van der Waals surface area (Å²) in [4.78, 5) is 13.1. The van der Waals surface area contributed by atoms with Crippen LogP contribution in [0, 0.1) is 11.6 Å². The van der Waals surface area contributed by atoms with E-state index in [4.69, 9.17) is 4.74 Å². The fraction of sp³-hybridized carbons (Fsp3) is 0.348. The molecule has 0 amide bonds. The molecule has 180 valence electrons. The molecule has 2 aromatic heterocycles. The lowest BCUT2D eigenvalue weighted by Crippen LogP contribution is -2.51. The second-order valence-electron chi connectivity index (χ2n) is 8.20. The number of rotatable bonds is 7. The third-order valence-corrected chi connectivity index (χ3v) is 6.48. The van der Waals surface area contributed by atoms with Gasteiger partial charge in [-0.2, -0.15) is 5.01 Å². The van der Waals surface area contributed by atoms with E-state index in [1.807, 2.05) is 23.9 Å². The van der Waals surface area contributed by atoms with Gasteiger partial charge in [-0.1, -0.05) is 24.0 Å². The molecule has 0 spiro atoms. The molecule has 3 aromatic rings. The van der Waals surface area contributed by atoms with Gasteiger partial charge in [-0.05, 0) is 25.5 Å². The molecule has 1 N–H and O–H groups in total. The summed E-state index contributed by atoms with van der Waals surface area (Å²) in [6.45, 7) is 9.56. The Morgan fingerprint density at radius 3 is 2.74 bits per heavy atom. The number of fused-ring (bicyclic) bond motifs is 1. The highest BCUT2D eigenvalue weighted by Crippen LogP contribution is 2.34. The van der Waals surface area contributed by atoms with E-state index in [1.54, 1.807) is 17.9 Å². The summed E-state index contributed by atoms with van der Waals surface area (Å²) in [5.74, 6) is -1.75. The normalized spacial score (nSPS) is 14.2. The van der Waals surface area contributed by atoms with Crippen LogP contribution >= 0.6 is 11.3 Å². The fourth-order valence-electron chi connectivity index (χ4n) is 4.01. The van der Waals surface area contributed by atoms with Crippen molar-refractivity contribution in [2.75, 3.05) is 20.3 Å². The van der Waals surface area contributed by atoms with Crippen LogP contribution in [0.15, 0.2) is 35.8 Å². The first kappa shape index (κ1) is 24.0. The molecule has 3 heterocycles. The van der Waals surface area contributed by atoms with Gasteiger partial charge in [0, 0.05) is 38.4 Å². The van der Waals surface area contributed by atoms with Crippen molar-refractivity contribution in [3.8, 4) is 16.3 Å². The predicted molar refractivity (Wildman–Crippen MR) is 125 cm³/mol. The topological polar surface area (TPSA) is 83.7 Å². The van der Waals surface area contributed by atoms with E-state index in [1.165, 1.54) is 12.1 Å². The van der Waals surface area contributed by atoms with Crippen LogP contribution in [0.3, 0.4) is 0 Å². The summed E-state index contributed by atoms with van der Waals surface area (Å²) in [5.41, 5.74) is 0.713. The van der Waals surface area contributed by atoms with Gasteiger partial charge in [0.2, 0.25) is 5.43 Å². The number of hydrazine groups is 1. The Labute approximate surface area is 199 Å². The summed E-state index contributed by atoms with van der Waals surface area (Å²) in [5, 5.41) is 23.7. The Bertz CT molecular complexity index is 1290. The molecule has 11 heteroatoms. The number of nitrogens with zero attached hydrogens (tertiary/aromatic N) is 5. The average molecular weight is 490 g/mol. The van der Waals surface area contributed by atoms with Crippen molar-refractivity contribution in [2.24, 2.45) is 0 Å². The van der Waals surface area contributed by atoms with Crippen LogP contribution in [0.25, 0.3) is 16.3 Å². The van der Waals surface area contributed by atoms with Crippen molar-refractivity contribution in [2.45, 2.75) is 33.0 Å². The molecule has 0 atom stereocenters. The van der Waals surface area contributed by atoms with E-state index in [0.717, 1.165) is 17.4 Å². The number of hydrogen-bond acceptors (Lipinski definition) is 8. The molecule has 4 rings (SSSR count). The van der Waals surface area contributed by atoms with Crippen molar-refractivity contribution < 1.29 is 18.6 Å². The van der Waals surface area contributed by atoms with Gasteiger partial charge in [0.15, 0.2) is 10.8 Å². The molecule has 1 aliphatic heterocycles. The van der Waals surface area contributed by atoms with Gasteiger partial charge in [0.25, 0.3) is 0 Å². The first-order valence-corrected chi connectivity index (χ1v) is 11.5. The maximum atomic E-state index is 14.0. The first-order chi connectivity index (χ1) is 16.2. The smallest absolute Gasteiger partial charge is 0.234 e. The highest BCUT2D eigenvalue weighted by Gasteiger charge is 2.32. The molecular formula is C23H25F2N5O3S. The van der Waals surface area contributed by atoms with E-state index in [-0.39, 0.29) is 23.6 Å². The molecule has 0 aliphatic carbocycles. The minimum atomic E-state index is -0.674. The third-order valence-electron chi connectivity index (χ3n) is 5.52. The second kappa shape index (κ2) is 9.61. The number of benzene rings is 1. The fourth-order valence-corrected chi connectivity index (χ4v) is 4.88. The Morgan fingerprint density at radius 2 is 2.06 bits per heavy atom. The van der Waals surface area contributed by atoms with Crippen LogP contribution in [0.4, 0.5) is 8.78 Å². The maximum absolute atomic E-state index is 14.0. The molecule has 0 unspecified atom stereocenters. The molecule has 0 radical (unpaired) electrons. The first-order valence-electron chi connectivity index (χ1n) is 10.7. The number of halogens is 2. The van der Waals surface area contributed by atoms with Crippen molar-refractivity contribution in [3.63, 3.8) is 0 Å². The van der Waals surface area contributed by atoms with Crippen LogP contribution in [0.2, 0.25) is 0 Å². The van der Waals surface area contributed by atoms with E-state index in [2.05, 4.69) is 16.8 Å². The summed E-state index contributed by atoms with van der Waals surface area (Å²) in [6, 6.07) is 3.39. The summed E-state index contributed by atoms with van der Waals surface area (Å²) < 4.78 is 34.2. The quantitative estimate of drug-likeness (QED) is 0.544. The highest BCUT2D eigenvalue weighted by molar-refractivity contribution is 7.14. The number of aromatic hydroxyl groups is 1. The number of hydrogen-bond donors (Lipinski definition) is 1. The molecule has 0 saturated carbocycles. The third kappa shape index (κ3) is 4.46. The molecule has 0 fully saturated rings. The van der Waals surface area contributed by atoms with Crippen molar-refractivity contribution >= 4 is 17.0 Å². The van der Waals surface area contributed by atoms with Gasteiger partial charge in [0.05, 0.1) is 24.5 Å². The predicted octanol–water partition coefficient (Wildman–Crippen LogP) is 3.46. The average Bonchev–Trinajstić information content (AvgIpc) is 3.24. The van der Waals surface area contributed by atoms with E-state index in [9.17, 15) is 18.7 Å². The molecular weight excluding hydrogens is 464 g/mol. The largest absolute Gasteiger partial charge is 0.503 e. The number of aromatic nitrogens is 3. The Balaban J connectivity index is 1.70. The lowest BCUT2D eigenvalue weighted by atomic mass is 10.1. The summed E-state index contributed by atoms with van der Waals surface area (Å²) in [7, 11) is 1.62. The van der Waals surface area contributed by atoms with E-state index in [0.29, 0.717) is 41.2 Å². The zero-order valence-electron chi connectivity index (χ0n) is 19.1. The SMILES string of the molecule is C=C1c2c(O)c(=O)c(-c3nnc(Cc4ccc(F)cc4F)s3)cn2CN(CCOC)N1C(C)C. The van der Waals surface area contributed by atoms with Gasteiger partial charge < -0.3 is 14.4 Å². The Morgan fingerprint density at radius 1 is 1.29 bits per heavy atom. The van der Waals surface area contributed by atoms with Crippen molar-refractivity contribution in [3.05, 3.63) is 69.1 Å². The number of methoxy groups -OCH3 is 1. The van der Waals surface area contributed by atoms with Crippen LogP contribution in [0.5, 0.6) is 5.75 Å². The van der Waals surface area contributed by atoms with Gasteiger partial charge >= 0.3 is 0 Å². The van der Waals surface area contributed by atoms with Crippen molar-refractivity contribution in [1.29, 1.82) is 0 Å². The van der Waals surface area contributed by atoms with Gasteiger partial charge in [-0.25, -0.2) is 8.78 Å². The van der Waals surface area contributed by atoms with Crippen LogP contribution in [-0.4, -0.2) is 56.2 Å². The summed E-state index contributed by atoms with van der Waals surface area (Å²) in [6.07, 6.45) is 1.73. The molecule has 1 aliphatic rings. The lowest BCUT2D eigenvalue weighted by Gasteiger charge is -2.45. The number of pyridine rings is 1. The zero-order chi connectivity index (χ0) is 24.6. The number of ether oxygens (including phenoxy) is 1. The monoisotopic (exact) mass is 489 g/mol. The van der Waals surface area contributed by atoms with Gasteiger partial charge in [0.1, 0.15) is 22.3 Å². The van der Waals surface area contributed by atoms with Crippen LogP contribution < -0.4 is 5.43 Å². The Hall–Kier alpha value is -3.15. The van der Waals surface area contributed by atoms with E-state index < -0.39 is 22.8 Å². The zero-order valence-corrected chi connectivity index (χ0v) is 19.9. The van der Waals surface area contributed by atoms with Gasteiger partial charge in [-0.3, -0.25) is 9.80 Å². The highest BCUT2D eigenvalue weighted by atomic mass is 32.1. The van der Waals surface area contributed by atoms with Gasteiger partial charge in [-0.15, -0.1) is 10.2 Å². The molecule has 0 bridgehead atoms. The van der Waals surface area contributed by atoms with Crippen molar-refractivity contribution in [1.82, 2.24) is 24.8 Å². The Kier molecular flexibility index (Phi) is 6.78. The molecule has 1 aromatic carbocycles. The molecule has 0 saturated heterocycles.